The van der Waals surface area contributed by atoms with Gasteiger partial charge in [-0.15, -0.1) is 0 Å². The fourth-order valence-electron chi connectivity index (χ4n) is 0.392. The molecule has 10 heavy (non-hydrogen) atoms. The van der Waals surface area contributed by atoms with E-state index in [1.165, 1.54) is 0 Å². The second-order valence-corrected chi connectivity index (χ2v) is 3.13. The zero-order valence-electron chi connectivity index (χ0n) is 6.40. The van der Waals surface area contributed by atoms with Crippen molar-refractivity contribution in [3.8, 4) is 0 Å². The van der Waals surface area contributed by atoms with E-state index in [1.807, 2.05) is 20.8 Å². The van der Waals surface area contributed by atoms with Gasteiger partial charge in [0.05, 0.1) is 0 Å². The van der Waals surface area contributed by atoms with Gasteiger partial charge in [-0.2, -0.15) is 0 Å². The molecule has 4 heteroatoms. The molecule has 0 aromatic carbocycles. The lowest BCUT2D eigenvalue weighted by Gasteiger charge is -2.19. The minimum Gasteiger partial charge on any atom is -0.433 e. The van der Waals surface area contributed by atoms with Crippen molar-refractivity contribution in [3.05, 3.63) is 0 Å². The molecular weight excluding hydrogens is 154 g/mol. The van der Waals surface area contributed by atoms with Crippen molar-refractivity contribution >= 4 is 17.7 Å². The van der Waals surface area contributed by atoms with Crippen molar-refractivity contribution in [1.29, 1.82) is 0 Å². The molecule has 0 fully saturated rings. The molecule has 3 nitrogen and oxygen atoms in total. The van der Waals surface area contributed by atoms with Gasteiger partial charge in [-0.3, -0.25) is 0 Å². The molecule has 0 aromatic heterocycles. The van der Waals surface area contributed by atoms with Crippen LogP contribution in [-0.4, -0.2) is 17.7 Å². The number of alkyl carbamates (subject to hydrolysis) is 1. The summed E-state index contributed by atoms with van der Waals surface area (Å²) in [6.07, 6.45) is -0.484. The minimum atomic E-state index is -0.484. The van der Waals surface area contributed by atoms with Crippen LogP contribution in [0.15, 0.2) is 0 Å². The van der Waals surface area contributed by atoms with Crippen molar-refractivity contribution in [2.24, 2.45) is 0 Å². The fourth-order valence-corrected chi connectivity index (χ4v) is 0.491. The number of nitrogens with one attached hydrogen (secondary N) is 1. The Morgan fingerprint density at radius 1 is 1.60 bits per heavy atom. The normalized spacial score (nSPS) is 10.8. The molecule has 0 spiro atoms. The van der Waals surface area contributed by atoms with Crippen LogP contribution in [0.3, 0.4) is 0 Å². The summed E-state index contributed by atoms with van der Waals surface area (Å²) < 4.78 is 4.43. The SMILES string of the molecule is CC(C)(C)NC(=O)OCCl. The lowest BCUT2D eigenvalue weighted by atomic mass is 10.1. The second kappa shape index (κ2) is 3.66. The van der Waals surface area contributed by atoms with Gasteiger partial charge in [0.1, 0.15) is 0 Å². The van der Waals surface area contributed by atoms with Crippen LogP contribution < -0.4 is 5.32 Å². The molecule has 0 rings (SSSR count). The van der Waals surface area contributed by atoms with Crippen LogP contribution in [0.5, 0.6) is 0 Å². The van der Waals surface area contributed by atoms with E-state index in [1.54, 1.807) is 0 Å². The first-order valence-corrected chi connectivity index (χ1v) is 3.50. The maximum Gasteiger partial charge on any atom is 0.408 e. The van der Waals surface area contributed by atoms with E-state index in [2.05, 4.69) is 10.1 Å². The van der Waals surface area contributed by atoms with Gasteiger partial charge in [-0.05, 0) is 20.8 Å². The van der Waals surface area contributed by atoms with E-state index in [4.69, 9.17) is 11.6 Å². The molecule has 0 radical (unpaired) electrons. The van der Waals surface area contributed by atoms with Crippen LogP contribution >= 0.6 is 11.6 Å². The Morgan fingerprint density at radius 2 is 2.10 bits per heavy atom. The summed E-state index contributed by atoms with van der Waals surface area (Å²) in [4.78, 5) is 10.6. The summed E-state index contributed by atoms with van der Waals surface area (Å²) in [5.41, 5.74) is -0.261. The first-order chi connectivity index (χ1) is 4.45. The quantitative estimate of drug-likeness (QED) is 0.601. The summed E-state index contributed by atoms with van der Waals surface area (Å²) in [6.45, 7) is 5.59. The van der Waals surface area contributed by atoms with Crippen LogP contribution in [0.4, 0.5) is 4.79 Å². The first-order valence-electron chi connectivity index (χ1n) is 2.96. The molecule has 0 unspecified atom stereocenters. The molecule has 0 heterocycles. The van der Waals surface area contributed by atoms with Crippen molar-refractivity contribution in [2.45, 2.75) is 26.3 Å². The third-order valence-electron chi connectivity index (χ3n) is 0.663. The molecule has 1 N–H and O–H groups in total. The number of halogens is 1. The first kappa shape index (κ1) is 9.56. The maximum absolute atomic E-state index is 10.6. The molecule has 1 amide bonds. The minimum absolute atomic E-state index is 0.109. The number of ether oxygens (including phenoxy) is 1. The second-order valence-electron chi connectivity index (χ2n) is 2.92. The van der Waals surface area contributed by atoms with Gasteiger partial charge < -0.3 is 10.1 Å². The summed E-state index contributed by atoms with van der Waals surface area (Å²) in [7, 11) is 0. The van der Waals surface area contributed by atoms with E-state index in [9.17, 15) is 4.79 Å². The van der Waals surface area contributed by atoms with Crippen molar-refractivity contribution in [1.82, 2.24) is 5.32 Å². The predicted octanol–water partition coefficient (Wildman–Crippen LogP) is 1.71. The third-order valence-corrected chi connectivity index (χ3v) is 0.772. The highest BCUT2D eigenvalue weighted by molar-refractivity contribution is 6.17. The van der Waals surface area contributed by atoms with E-state index in [0.29, 0.717) is 0 Å². The van der Waals surface area contributed by atoms with Crippen molar-refractivity contribution in [2.75, 3.05) is 6.07 Å². The molecule has 0 aliphatic heterocycles. The Balaban J connectivity index is 3.58. The highest BCUT2D eigenvalue weighted by Crippen LogP contribution is 1.98. The standard InChI is InChI=1S/C6H12ClNO2/c1-6(2,3)8-5(9)10-4-7/h4H2,1-3H3,(H,8,9). The zero-order valence-corrected chi connectivity index (χ0v) is 7.16. The predicted molar refractivity (Wildman–Crippen MR) is 40.1 cm³/mol. The van der Waals surface area contributed by atoms with Crippen LogP contribution in [0.2, 0.25) is 0 Å². The Kier molecular flexibility index (Phi) is 3.50. The van der Waals surface area contributed by atoms with Crippen LogP contribution in [0, 0.1) is 0 Å². The van der Waals surface area contributed by atoms with Crippen molar-refractivity contribution < 1.29 is 9.53 Å². The number of carbonyl (C=O) groups excluding carboxylic acids is 1. The van der Waals surface area contributed by atoms with Gasteiger partial charge in [-0.25, -0.2) is 4.79 Å². The Morgan fingerprint density at radius 3 is 2.40 bits per heavy atom. The summed E-state index contributed by atoms with van der Waals surface area (Å²) in [5.74, 6) is 0. The van der Waals surface area contributed by atoms with Crippen LogP contribution in [-0.2, 0) is 4.74 Å². The molecule has 0 saturated heterocycles. The summed E-state index contributed by atoms with van der Waals surface area (Å²) >= 11 is 5.14. The number of rotatable bonds is 1. The van der Waals surface area contributed by atoms with Crippen LogP contribution in [0.1, 0.15) is 20.8 Å². The molecule has 0 atom stereocenters. The smallest absolute Gasteiger partial charge is 0.408 e. The van der Waals surface area contributed by atoms with Gasteiger partial charge in [0, 0.05) is 5.54 Å². The number of amides is 1. The fraction of sp³-hybridized carbons (Fsp3) is 0.833. The van der Waals surface area contributed by atoms with Gasteiger partial charge in [0.2, 0.25) is 0 Å². The average Bonchev–Trinajstić information content (AvgIpc) is 1.59. The van der Waals surface area contributed by atoms with Gasteiger partial charge in [0.25, 0.3) is 0 Å². The number of hydrogen-bond acceptors (Lipinski definition) is 2. The van der Waals surface area contributed by atoms with E-state index in [-0.39, 0.29) is 11.6 Å². The molecule has 60 valence electrons. The van der Waals surface area contributed by atoms with Gasteiger partial charge in [0.15, 0.2) is 6.07 Å². The lowest BCUT2D eigenvalue weighted by molar-refractivity contribution is 0.155. The topological polar surface area (TPSA) is 38.3 Å². The number of alkyl halides is 1. The van der Waals surface area contributed by atoms with Gasteiger partial charge >= 0.3 is 6.09 Å². The Hall–Kier alpha value is -0.440. The largest absolute Gasteiger partial charge is 0.433 e. The van der Waals surface area contributed by atoms with Crippen LogP contribution in [0.25, 0.3) is 0 Å². The molecular formula is C6H12ClNO2. The summed E-state index contributed by atoms with van der Waals surface area (Å²) in [5, 5.41) is 2.57. The molecule has 0 aromatic rings. The summed E-state index contributed by atoms with van der Waals surface area (Å²) in [6, 6.07) is -0.109. The molecule has 0 bridgehead atoms. The molecule has 0 aliphatic rings. The highest BCUT2D eigenvalue weighted by atomic mass is 35.5. The van der Waals surface area contributed by atoms with E-state index in [0.717, 1.165) is 0 Å². The molecule has 0 saturated carbocycles. The highest BCUT2D eigenvalue weighted by Gasteiger charge is 2.13. The lowest BCUT2D eigenvalue weighted by Crippen LogP contribution is -2.40. The zero-order chi connectivity index (χ0) is 8.20. The number of carbonyl (C=O) groups is 1. The third kappa shape index (κ3) is 5.69. The Labute approximate surface area is 65.7 Å². The van der Waals surface area contributed by atoms with Gasteiger partial charge in [-0.1, -0.05) is 11.6 Å². The van der Waals surface area contributed by atoms with E-state index >= 15 is 0 Å². The number of hydrogen-bond donors (Lipinski definition) is 1. The van der Waals surface area contributed by atoms with Crippen molar-refractivity contribution in [3.63, 3.8) is 0 Å². The Bertz CT molecular complexity index is 119. The maximum atomic E-state index is 10.6. The van der Waals surface area contributed by atoms with E-state index < -0.39 is 6.09 Å². The monoisotopic (exact) mass is 165 g/mol. The molecule has 0 aliphatic carbocycles. The average molecular weight is 166 g/mol.